The molecular formula is C16H33N3O. The molecule has 1 aliphatic carbocycles. The van der Waals surface area contributed by atoms with Gasteiger partial charge in [0.2, 0.25) is 0 Å². The molecule has 0 bridgehead atoms. The van der Waals surface area contributed by atoms with E-state index < -0.39 is 0 Å². The van der Waals surface area contributed by atoms with E-state index in [1.807, 2.05) is 0 Å². The second-order valence-electron chi connectivity index (χ2n) is 7.37. The van der Waals surface area contributed by atoms with E-state index >= 15 is 0 Å². The molecule has 4 atom stereocenters. The predicted molar refractivity (Wildman–Crippen MR) is 83.2 cm³/mol. The highest BCUT2D eigenvalue weighted by Gasteiger charge is 2.36. The summed E-state index contributed by atoms with van der Waals surface area (Å²) in [4.78, 5) is 2.51. The van der Waals surface area contributed by atoms with Crippen LogP contribution < -0.4 is 11.3 Å². The number of nitrogens with one attached hydrogen (secondary N) is 1. The van der Waals surface area contributed by atoms with Gasteiger partial charge in [0.1, 0.15) is 0 Å². The van der Waals surface area contributed by atoms with Crippen LogP contribution in [0, 0.1) is 17.8 Å². The summed E-state index contributed by atoms with van der Waals surface area (Å²) in [5, 5.41) is 0. The van der Waals surface area contributed by atoms with Gasteiger partial charge >= 0.3 is 0 Å². The third-order valence-electron chi connectivity index (χ3n) is 5.17. The van der Waals surface area contributed by atoms with Gasteiger partial charge < -0.3 is 4.74 Å². The van der Waals surface area contributed by atoms with Crippen molar-refractivity contribution in [3.63, 3.8) is 0 Å². The van der Waals surface area contributed by atoms with Crippen molar-refractivity contribution in [3.8, 4) is 0 Å². The number of morpholine rings is 1. The van der Waals surface area contributed by atoms with Gasteiger partial charge in [-0.2, -0.15) is 0 Å². The SMILES string of the molecule is CC1CC(C)CC(C(NN)C2CN(C(C)C)CCO2)C1. The molecule has 2 rings (SSSR count). The summed E-state index contributed by atoms with van der Waals surface area (Å²) in [7, 11) is 0. The maximum atomic E-state index is 6.05. The zero-order valence-corrected chi connectivity index (χ0v) is 13.6. The summed E-state index contributed by atoms with van der Waals surface area (Å²) >= 11 is 0. The van der Waals surface area contributed by atoms with Crippen LogP contribution >= 0.6 is 0 Å². The number of rotatable bonds is 4. The fourth-order valence-corrected chi connectivity index (χ4v) is 4.23. The quantitative estimate of drug-likeness (QED) is 0.612. The van der Waals surface area contributed by atoms with Gasteiger partial charge in [-0.1, -0.05) is 13.8 Å². The number of nitrogens with two attached hydrogens (primary N) is 1. The van der Waals surface area contributed by atoms with Gasteiger partial charge in [-0.15, -0.1) is 0 Å². The number of ether oxygens (including phenoxy) is 1. The van der Waals surface area contributed by atoms with Crippen molar-refractivity contribution in [2.45, 2.75) is 65.1 Å². The number of hydrazine groups is 1. The van der Waals surface area contributed by atoms with Crippen LogP contribution in [0.2, 0.25) is 0 Å². The Bertz CT molecular complexity index is 287. The zero-order chi connectivity index (χ0) is 14.7. The van der Waals surface area contributed by atoms with Gasteiger partial charge in [0.25, 0.3) is 0 Å². The van der Waals surface area contributed by atoms with Crippen molar-refractivity contribution in [1.29, 1.82) is 0 Å². The highest BCUT2D eigenvalue weighted by Crippen LogP contribution is 2.36. The molecule has 0 aromatic heterocycles. The third kappa shape index (κ3) is 3.94. The van der Waals surface area contributed by atoms with E-state index in [0.717, 1.165) is 31.5 Å². The molecule has 20 heavy (non-hydrogen) atoms. The van der Waals surface area contributed by atoms with Crippen molar-refractivity contribution in [1.82, 2.24) is 10.3 Å². The van der Waals surface area contributed by atoms with Crippen LogP contribution in [0.5, 0.6) is 0 Å². The molecule has 1 saturated carbocycles. The van der Waals surface area contributed by atoms with Gasteiger partial charge in [-0.25, -0.2) is 0 Å². The molecule has 0 aromatic carbocycles. The summed E-state index contributed by atoms with van der Waals surface area (Å²) in [5.41, 5.74) is 3.09. The van der Waals surface area contributed by atoms with Crippen molar-refractivity contribution < 1.29 is 4.74 Å². The average molecular weight is 283 g/mol. The van der Waals surface area contributed by atoms with E-state index in [1.54, 1.807) is 0 Å². The zero-order valence-electron chi connectivity index (χ0n) is 13.6. The van der Waals surface area contributed by atoms with E-state index in [2.05, 4.69) is 38.0 Å². The maximum absolute atomic E-state index is 6.05. The normalized spacial score (nSPS) is 38.1. The summed E-state index contributed by atoms with van der Waals surface area (Å²) in [6.45, 7) is 12.2. The first-order chi connectivity index (χ1) is 9.51. The molecule has 2 fully saturated rings. The van der Waals surface area contributed by atoms with Gasteiger partial charge in [-0.3, -0.25) is 16.2 Å². The van der Waals surface area contributed by atoms with Crippen molar-refractivity contribution in [2.75, 3.05) is 19.7 Å². The second kappa shape index (κ2) is 7.21. The van der Waals surface area contributed by atoms with Crippen LogP contribution in [0.25, 0.3) is 0 Å². The lowest BCUT2D eigenvalue weighted by molar-refractivity contribution is -0.0704. The van der Waals surface area contributed by atoms with E-state index in [0.29, 0.717) is 18.0 Å². The van der Waals surface area contributed by atoms with Crippen molar-refractivity contribution in [3.05, 3.63) is 0 Å². The Labute approximate surface area is 124 Å². The molecule has 1 saturated heterocycles. The Morgan fingerprint density at radius 1 is 1.15 bits per heavy atom. The molecule has 4 unspecified atom stereocenters. The Morgan fingerprint density at radius 3 is 2.35 bits per heavy atom. The van der Waals surface area contributed by atoms with Crippen molar-refractivity contribution >= 4 is 0 Å². The molecular weight excluding hydrogens is 250 g/mol. The molecule has 3 N–H and O–H groups in total. The van der Waals surface area contributed by atoms with Crippen LogP contribution in [0.3, 0.4) is 0 Å². The molecule has 1 heterocycles. The minimum atomic E-state index is 0.235. The molecule has 4 heteroatoms. The highest BCUT2D eigenvalue weighted by atomic mass is 16.5. The first-order valence-electron chi connectivity index (χ1n) is 8.33. The standard InChI is InChI=1S/C16H33N3O/c1-11(2)19-5-6-20-15(10-19)16(18-17)14-8-12(3)7-13(4)9-14/h11-16,18H,5-10,17H2,1-4H3. The molecule has 0 spiro atoms. The van der Waals surface area contributed by atoms with Gasteiger partial charge in [-0.05, 0) is 50.9 Å². The smallest absolute Gasteiger partial charge is 0.0871 e. The Morgan fingerprint density at radius 2 is 1.80 bits per heavy atom. The van der Waals surface area contributed by atoms with Crippen LogP contribution in [-0.2, 0) is 4.74 Å². The predicted octanol–water partition coefficient (Wildman–Crippen LogP) is 2.00. The van der Waals surface area contributed by atoms with Gasteiger partial charge in [0, 0.05) is 19.1 Å². The van der Waals surface area contributed by atoms with E-state index in [-0.39, 0.29) is 6.10 Å². The Hall–Kier alpha value is -0.160. The minimum absolute atomic E-state index is 0.235. The first kappa shape index (κ1) is 16.2. The lowest BCUT2D eigenvalue weighted by atomic mass is 9.72. The largest absolute Gasteiger partial charge is 0.374 e. The molecule has 4 nitrogen and oxygen atoms in total. The molecule has 1 aliphatic heterocycles. The van der Waals surface area contributed by atoms with Crippen molar-refractivity contribution in [2.24, 2.45) is 23.6 Å². The number of hydrogen-bond acceptors (Lipinski definition) is 4. The number of hydrogen-bond donors (Lipinski definition) is 2. The van der Waals surface area contributed by atoms with Crippen LogP contribution in [0.4, 0.5) is 0 Å². The fourth-order valence-electron chi connectivity index (χ4n) is 4.23. The Kier molecular flexibility index (Phi) is 5.84. The highest BCUT2D eigenvalue weighted by molar-refractivity contribution is 4.90. The molecule has 0 amide bonds. The first-order valence-corrected chi connectivity index (χ1v) is 8.33. The summed E-state index contributed by atoms with van der Waals surface area (Å²) in [6, 6.07) is 0.880. The van der Waals surface area contributed by atoms with E-state index in [1.165, 1.54) is 19.3 Å². The molecule has 2 aliphatic rings. The average Bonchev–Trinajstić information content (AvgIpc) is 2.39. The maximum Gasteiger partial charge on any atom is 0.0871 e. The lowest BCUT2D eigenvalue weighted by Crippen LogP contribution is -2.58. The summed E-state index contributed by atoms with van der Waals surface area (Å²) in [5.74, 6) is 8.17. The molecule has 0 aromatic rings. The fraction of sp³-hybridized carbons (Fsp3) is 1.00. The second-order valence-corrected chi connectivity index (χ2v) is 7.37. The van der Waals surface area contributed by atoms with Crippen LogP contribution in [0.1, 0.15) is 47.0 Å². The number of nitrogens with zero attached hydrogens (tertiary/aromatic N) is 1. The third-order valence-corrected chi connectivity index (χ3v) is 5.17. The van der Waals surface area contributed by atoms with E-state index in [9.17, 15) is 0 Å². The van der Waals surface area contributed by atoms with Gasteiger partial charge in [0.15, 0.2) is 0 Å². The summed E-state index contributed by atoms with van der Waals surface area (Å²) < 4.78 is 6.05. The monoisotopic (exact) mass is 283 g/mol. The van der Waals surface area contributed by atoms with Crippen LogP contribution in [0.15, 0.2) is 0 Å². The lowest BCUT2D eigenvalue weighted by Gasteiger charge is -2.43. The topological polar surface area (TPSA) is 50.5 Å². The van der Waals surface area contributed by atoms with E-state index in [4.69, 9.17) is 10.6 Å². The minimum Gasteiger partial charge on any atom is -0.374 e. The van der Waals surface area contributed by atoms with Crippen LogP contribution in [-0.4, -0.2) is 42.8 Å². The molecule has 118 valence electrons. The van der Waals surface area contributed by atoms with Gasteiger partial charge in [0.05, 0.1) is 18.8 Å². The Balaban J connectivity index is 1.99. The summed E-state index contributed by atoms with van der Waals surface area (Å²) in [6.07, 6.45) is 4.15. The molecule has 0 radical (unpaired) electrons.